The summed E-state index contributed by atoms with van der Waals surface area (Å²) in [6.45, 7) is 5.70. The summed E-state index contributed by atoms with van der Waals surface area (Å²) in [4.78, 5) is 41.7. The van der Waals surface area contributed by atoms with Gasteiger partial charge in [0.2, 0.25) is 5.91 Å². The molecule has 0 aliphatic heterocycles. The molecule has 34 heavy (non-hydrogen) atoms. The Labute approximate surface area is 206 Å². The van der Waals surface area contributed by atoms with Gasteiger partial charge in [-0.15, -0.1) is 0 Å². The van der Waals surface area contributed by atoms with Crippen molar-refractivity contribution in [2.24, 2.45) is 0 Å². The summed E-state index contributed by atoms with van der Waals surface area (Å²) < 4.78 is 0.866. The molecule has 0 radical (unpaired) electrons. The average Bonchev–Trinajstić information content (AvgIpc) is 2.82. The van der Waals surface area contributed by atoms with Gasteiger partial charge in [-0.05, 0) is 50.6 Å². The Morgan fingerprint density at radius 2 is 1.71 bits per heavy atom. The van der Waals surface area contributed by atoms with Gasteiger partial charge in [-0.1, -0.05) is 46.3 Å². The van der Waals surface area contributed by atoms with Gasteiger partial charge in [-0.3, -0.25) is 24.5 Å². The molecule has 0 spiro atoms. The number of anilines is 1. The number of fused-ring (bicyclic) bond motifs is 1. The summed E-state index contributed by atoms with van der Waals surface area (Å²) in [5, 5.41) is 3.87. The first-order chi connectivity index (χ1) is 16.2. The normalized spacial score (nSPS) is 12.2. The van der Waals surface area contributed by atoms with Crippen LogP contribution in [0.5, 0.6) is 0 Å². The number of hydrogen-bond donors (Lipinski definition) is 1. The summed E-state index contributed by atoms with van der Waals surface area (Å²) in [6, 6.07) is 15.8. The van der Waals surface area contributed by atoms with Gasteiger partial charge in [0.1, 0.15) is 11.7 Å². The number of carbonyl (C=O) groups excluding carboxylic acids is 2. The number of pyridine rings is 1. The second-order valence-corrected chi connectivity index (χ2v) is 9.76. The predicted molar refractivity (Wildman–Crippen MR) is 135 cm³/mol. The van der Waals surface area contributed by atoms with E-state index in [9.17, 15) is 9.59 Å². The summed E-state index contributed by atoms with van der Waals surface area (Å²) in [5.41, 5.74) is 1.54. The van der Waals surface area contributed by atoms with Gasteiger partial charge in [-0.25, -0.2) is 4.98 Å². The van der Waals surface area contributed by atoms with Crippen molar-refractivity contribution in [3.63, 3.8) is 0 Å². The lowest BCUT2D eigenvalue weighted by Crippen LogP contribution is -2.49. The average molecular weight is 518 g/mol. The molecule has 2 heterocycles. The van der Waals surface area contributed by atoms with Crippen LogP contribution in [0.1, 0.15) is 42.9 Å². The van der Waals surface area contributed by atoms with Crippen molar-refractivity contribution in [3.05, 3.63) is 95.1 Å². The van der Waals surface area contributed by atoms with E-state index in [2.05, 4.69) is 36.2 Å². The summed E-state index contributed by atoms with van der Waals surface area (Å²) >= 11 is 3.45. The maximum absolute atomic E-state index is 13.8. The van der Waals surface area contributed by atoms with Gasteiger partial charge >= 0.3 is 0 Å². The number of amides is 2. The zero-order chi connectivity index (χ0) is 24.3. The van der Waals surface area contributed by atoms with E-state index in [-0.39, 0.29) is 11.6 Å². The number of rotatable bonds is 5. The number of carbonyl (C=O) groups is 2. The lowest BCUT2D eigenvalue weighted by Gasteiger charge is -2.33. The molecule has 2 aromatic heterocycles. The largest absolute Gasteiger partial charge is 0.349 e. The van der Waals surface area contributed by atoms with Gasteiger partial charge in [0, 0.05) is 27.8 Å². The Morgan fingerprint density at radius 1 is 0.971 bits per heavy atom. The van der Waals surface area contributed by atoms with Crippen LogP contribution in [0.25, 0.3) is 10.9 Å². The fourth-order valence-electron chi connectivity index (χ4n) is 3.61. The highest BCUT2D eigenvalue weighted by atomic mass is 79.9. The second-order valence-electron chi connectivity index (χ2n) is 8.85. The Kier molecular flexibility index (Phi) is 6.70. The van der Waals surface area contributed by atoms with E-state index in [4.69, 9.17) is 0 Å². The molecule has 0 saturated carbocycles. The lowest BCUT2D eigenvalue weighted by atomic mass is 10.0. The molecule has 172 valence electrons. The molecule has 4 aromatic rings. The van der Waals surface area contributed by atoms with Crippen LogP contribution < -0.4 is 10.2 Å². The maximum atomic E-state index is 13.8. The molecule has 7 nitrogen and oxygen atoms in total. The van der Waals surface area contributed by atoms with Crippen molar-refractivity contribution in [2.45, 2.75) is 32.4 Å². The highest BCUT2D eigenvalue weighted by molar-refractivity contribution is 9.10. The molecule has 2 aromatic carbocycles. The summed E-state index contributed by atoms with van der Waals surface area (Å²) in [6.07, 6.45) is 5.95. The number of halogens is 1. The Balaban J connectivity index is 1.92. The molecule has 1 N–H and O–H groups in total. The molecular formula is C26H24BrN5O2. The smallest absolute Gasteiger partial charge is 0.279 e. The first-order valence-electron chi connectivity index (χ1n) is 10.7. The Bertz CT molecular complexity index is 1320. The lowest BCUT2D eigenvalue weighted by molar-refractivity contribution is -0.123. The van der Waals surface area contributed by atoms with Crippen LogP contribution >= 0.6 is 15.9 Å². The molecule has 1 atom stereocenters. The third kappa shape index (κ3) is 5.28. The van der Waals surface area contributed by atoms with Crippen molar-refractivity contribution in [3.8, 4) is 0 Å². The van der Waals surface area contributed by atoms with E-state index < -0.39 is 17.5 Å². The number of benzene rings is 2. The standard InChI is InChI=1S/C26H24BrN5O2/c1-26(2,3)31-24(33)23(17-8-10-19(27)11-9-17)32(25(34)22-16-28-12-13-29-22)20-14-18-6-4-5-7-21(18)30-15-20/h4-16,23H,1-3H3,(H,31,33). The van der Waals surface area contributed by atoms with Crippen molar-refractivity contribution in [1.82, 2.24) is 20.3 Å². The number of aromatic nitrogens is 3. The van der Waals surface area contributed by atoms with E-state index >= 15 is 0 Å². The molecule has 1 unspecified atom stereocenters. The molecule has 0 aliphatic carbocycles. The number of nitrogens with one attached hydrogen (secondary N) is 1. The van der Waals surface area contributed by atoms with Crippen molar-refractivity contribution in [2.75, 3.05) is 4.90 Å². The molecule has 0 fully saturated rings. The van der Waals surface area contributed by atoms with Crippen molar-refractivity contribution < 1.29 is 9.59 Å². The van der Waals surface area contributed by atoms with Crippen LogP contribution in [0.2, 0.25) is 0 Å². The van der Waals surface area contributed by atoms with Crippen LogP contribution in [0, 0.1) is 0 Å². The third-order valence-electron chi connectivity index (χ3n) is 5.05. The molecule has 2 amide bonds. The topological polar surface area (TPSA) is 88.1 Å². The maximum Gasteiger partial charge on any atom is 0.279 e. The first-order valence-corrected chi connectivity index (χ1v) is 11.5. The molecule has 8 heteroatoms. The van der Waals surface area contributed by atoms with Gasteiger partial charge in [0.15, 0.2) is 0 Å². The van der Waals surface area contributed by atoms with Crippen LogP contribution in [0.4, 0.5) is 5.69 Å². The third-order valence-corrected chi connectivity index (χ3v) is 5.57. The predicted octanol–water partition coefficient (Wildman–Crippen LogP) is 5.09. The van der Waals surface area contributed by atoms with E-state index in [1.165, 1.54) is 23.5 Å². The quantitative estimate of drug-likeness (QED) is 0.398. The number of hydrogen-bond acceptors (Lipinski definition) is 5. The minimum Gasteiger partial charge on any atom is -0.349 e. The van der Waals surface area contributed by atoms with Crippen molar-refractivity contribution in [1.29, 1.82) is 0 Å². The fourth-order valence-corrected chi connectivity index (χ4v) is 3.87. The molecular weight excluding hydrogens is 494 g/mol. The van der Waals surface area contributed by atoms with Crippen LogP contribution in [0.15, 0.2) is 83.9 Å². The highest BCUT2D eigenvalue weighted by Gasteiger charge is 2.35. The Morgan fingerprint density at radius 3 is 2.38 bits per heavy atom. The molecule has 0 bridgehead atoms. The van der Waals surface area contributed by atoms with Crippen LogP contribution in [0.3, 0.4) is 0 Å². The minimum atomic E-state index is -0.968. The van der Waals surface area contributed by atoms with Crippen LogP contribution in [-0.4, -0.2) is 32.3 Å². The number of para-hydroxylation sites is 1. The number of nitrogens with zero attached hydrogens (tertiary/aromatic N) is 4. The van der Waals surface area contributed by atoms with E-state index in [1.54, 1.807) is 6.20 Å². The van der Waals surface area contributed by atoms with Gasteiger partial charge in [0.05, 0.1) is 23.6 Å². The fraction of sp³-hybridized carbons (Fsp3) is 0.192. The van der Waals surface area contributed by atoms with Crippen LogP contribution in [-0.2, 0) is 4.79 Å². The first kappa shape index (κ1) is 23.5. The zero-order valence-corrected chi connectivity index (χ0v) is 20.7. The van der Waals surface area contributed by atoms with E-state index in [0.29, 0.717) is 11.3 Å². The monoisotopic (exact) mass is 517 g/mol. The zero-order valence-electron chi connectivity index (χ0n) is 19.1. The minimum absolute atomic E-state index is 0.126. The van der Waals surface area contributed by atoms with E-state index in [1.807, 2.05) is 75.4 Å². The summed E-state index contributed by atoms with van der Waals surface area (Å²) in [5.74, 6) is -0.776. The second kappa shape index (κ2) is 9.69. The summed E-state index contributed by atoms with van der Waals surface area (Å²) in [7, 11) is 0. The SMILES string of the molecule is CC(C)(C)NC(=O)C(c1ccc(Br)cc1)N(C(=O)c1cnccn1)c1cnc2ccccc2c1. The highest BCUT2D eigenvalue weighted by Crippen LogP contribution is 2.32. The van der Waals surface area contributed by atoms with Gasteiger partial charge in [0.25, 0.3) is 5.91 Å². The molecule has 0 aliphatic rings. The molecule has 0 saturated heterocycles. The van der Waals surface area contributed by atoms with Crippen molar-refractivity contribution >= 4 is 44.3 Å². The Hall–Kier alpha value is -3.65. The van der Waals surface area contributed by atoms with Gasteiger partial charge < -0.3 is 5.32 Å². The molecule has 4 rings (SSSR count). The van der Waals surface area contributed by atoms with Gasteiger partial charge in [-0.2, -0.15) is 0 Å². The van der Waals surface area contributed by atoms with E-state index in [0.717, 1.165) is 15.4 Å².